The number of rotatable bonds is 1. The lowest BCUT2D eigenvalue weighted by Gasteiger charge is -2.22. The van der Waals surface area contributed by atoms with Crippen LogP contribution < -0.4 is 5.32 Å². The maximum atomic E-state index is 6.15. The molecule has 3 rings (SSSR count). The van der Waals surface area contributed by atoms with Crippen molar-refractivity contribution in [2.45, 2.75) is 12.5 Å². The van der Waals surface area contributed by atoms with Gasteiger partial charge >= 0.3 is 0 Å². The van der Waals surface area contributed by atoms with Crippen molar-refractivity contribution in [3.8, 4) is 0 Å². The second kappa shape index (κ2) is 3.67. The lowest BCUT2D eigenvalue weighted by Crippen LogP contribution is -2.29. The van der Waals surface area contributed by atoms with Gasteiger partial charge in [-0.25, -0.2) is 0 Å². The Bertz CT molecular complexity index is 476. The molecule has 0 spiro atoms. The van der Waals surface area contributed by atoms with Crippen molar-refractivity contribution in [2.75, 3.05) is 6.54 Å². The van der Waals surface area contributed by atoms with Crippen LogP contribution in [0.15, 0.2) is 28.2 Å². The monoisotopic (exact) mass is 239 g/mol. The first-order chi connectivity index (χ1) is 7.36. The first-order valence-corrected chi connectivity index (χ1v) is 6.14. The second-order valence-electron chi connectivity index (χ2n) is 3.57. The van der Waals surface area contributed by atoms with Crippen molar-refractivity contribution >= 4 is 22.9 Å². The van der Waals surface area contributed by atoms with Gasteiger partial charge in [-0.15, -0.1) is 11.3 Å². The van der Waals surface area contributed by atoms with Gasteiger partial charge in [0.15, 0.2) is 0 Å². The Kier molecular flexibility index (Phi) is 2.31. The summed E-state index contributed by atoms with van der Waals surface area (Å²) in [6, 6.07) is 4.18. The number of nitrogens with one attached hydrogen (secondary N) is 1. The summed E-state index contributed by atoms with van der Waals surface area (Å²) in [5.74, 6) is 1.09. The summed E-state index contributed by atoms with van der Waals surface area (Å²) in [5, 5.41) is 6.33. The van der Waals surface area contributed by atoms with E-state index < -0.39 is 0 Å². The van der Waals surface area contributed by atoms with E-state index in [9.17, 15) is 0 Å². The van der Waals surface area contributed by atoms with Crippen molar-refractivity contribution in [1.29, 1.82) is 0 Å². The lowest BCUT2D eigenvalue weighted by molar-refractivity contribution is 0.458. The highest BCUT2D eigenvalue weighted by Gasteiger charge is 2.25. The quantitative estimate of drug-likeness (QED) is 0.827. The second-order valence-corrected chi connectivity index (χ2v) is 4.92. The fraction of sp³-hybridized carbons (Fsp3) is 0.273. The zero-order valence-electron chi connectivity index (χ0n) is 8.00. The molecule has 2 nitrogen and oxygen atoms in total. The number of thiophene rings is 1. The molecule has 0 bridgehead atoms. The number of hydrogen-bond acceptors (Lipinski definition) is 3. The number of hydrogen-bond donors (Lipinski definition) is 1. The fourth-order valence-electron chi connectivity index (χ4n) is 2.00. The van der Waals surface area contributed by atoms with E-state index in [2.05, 4.69) is 5.32 Å². The number of furan rings is 1. The van der Waals surface area contributed by atoms with Crippen LogP contribution in [0.4, 0.5) is 0 Å². The van der Waals surface area contributed by atoms with Crippen molar-refractivity contribution in [3.05, 3.63) is 45.0 Å². The van der Waals surface area contributed by atoms with Crippen LogP contribution in [0.5, 0.6) is 0 Å². The van der Waals surface area contributed by atoms with Gasteiger partial charge in [0, 0.05) is 23.4 Å². The van der Waals surface area contributed by atoms with Crippen LogP contribution in [-0.4, -0.2) is 6.54 Å². The molecule has 0 fully saturated rings. The van der Waals surface area contributed by atoms with E-state index in [0.29, 0.717) is 0 Å². The number of fused-ring (bicyclic) bond motifs is 1. The third kappa shape index (κ3) is 1.51. The topological polar surface area (TPSA) is 25.2 Å². The average Bonchev–Trinajstić information content (AvgIpc) is 2.85. The summed E-state index contributed by atoms with van der Waals surface area (Å²) in [7, 11) is 0. The molecule has 0 aliphatic carbocycles. The highest BCUT2D eigenvalue weighted by molar-refractivity contribution is 7.10. The Morgan fingerprint density at radius 3 is 3.20 bits per heavy atom. The molecule has 0 aromatic carbocycles. The van der Waals surface area contributed by atoms with Crippen LogP contribution in [0.3, 0.4) is 0 Å². The van der Waals surface area contributed by atoms with Gasteiger partial charge in [0.2, 0.25) is 0 Å². The SMILES string of the molecule is Clc1ccsc1C1NCCc2occc21. The maximum absolute atomic E-state index is 6.15. The van der Waals surface area contributed by atoms with Crippen molar-refractivity contribution in [1.82, 2.24) is 5.32 Å². The van der Waals surface area contributed by atoms with E-state index >= 15 is 0 Å². The van der Waals surface area contributed by atoms with E-state index in [4.69, 9.17) is 16.0 Å². The standard InChI is InChI=1S/C11H10ClNOS/c12-8-3-6-15-11(8)10-7-2-5-14-9(7)1-4-13-10/h2-3,5-6,10,13H,1,4H2. The Labute approximate surface area is 96.9 Å². The third-order valence-corrected chi connectivity index (χ3v) is 4.12. The Morgan fingerprint density at radius 1 is 1.47 bits per heavy atom. The van der Waals surface area contributed by atoms with Crippen molar-refractivity contribution in [2.24, 2.45) is 0 Å². The predicted octanol–water partition coefficient (Wildman–Crippen LogP) is 3.23. The lowest BCUT2D eigenvalue weighted by atomic mass is 10.0. The smallest absolute Gasteiger partial charge is 0.110 e. The molecule has 3 heterocycles. The largest absolute Gasteiger partial charge is 0.469 e. The third-order valence-electron chi connectivity index (χ3n) is 2.70. The van der Waals surface area contributed by atoms with Gasteiger partial charge in [-0.3, -0.25) is 0 Å². The molecule has 1 N–H and O–H groups in total. The molecule has 2 aromatic rings. The maximum Gasteiger partial charge on any atom is 0.110 e. The van der Waals surface area contributed by atoms with Gasteiger partial charge in [-0.2, -0.15) is 0 Å². The Hall–Kier alpha value is -0.770. The van der Waals surface area contributed by atoms with E-state index in [0.717, 1.165) is 23.7 Å². The van der Waals surface area contributed by atoms with Gasteiger partial charge in [0.05, 0.1) is 17.3 Å². The zero-order valence-corrected chi connectivity index (χ0v) is 9.57. The van der Waals surface area contributed by atoms with Crippen LogP contribution in [-0.2, 0) is 6.42 Å². The molecular formula is C11H10ClNOS. The van der Waals surface area contributed by atoms with Crippen LogP contribution in [0.1, 0.15) is 22.2 Å². The Balaban J connectivity index is 2.07. The molecule has 4 heteroatoms. The van der Waals surface area contributed by atoms with Crippen LogP contribution in [0.2, 0.25) is 5.02 Å². The minimum Gasteiger partial charge on any atom is -0.469 e. The summed E-state index contributed by atoms with van der Waals surface area (Å²) < 4.78 is 5.45. The molecule has 1 aliphatic rings. The van der Waals surface area contributed by atoms with Crippen molar-refractivity contribution < 1.29 is 4.42 Å². The van der Waals surface area contributed by atoms with Crippen LogP contribution in [0, 0.1) is 0 Å². The van der Waals surface area contributed by atoms with E-state index in [1.54, 1.807) is 17.6 Å². The molecule has 78 valence electrons. The molecule has 0 saturated heterocycles. The molecule has 0 radical (unpaired) electrons. The first-order valence-electron chi connectivity index (χ1n) is 4.89. The number of halogens is 1. The van der Waals surface area contributed by atoms with Crippen LogP contribution in [0.25, 0.3) is 0 Å². The fourth-order valence-corrected chi connectivity index (χ4v) is 3.25. The minimum atomic E-state index is 0.208. The van der Waals surface area contributed by atoms with Gasteiger partial charge < -0.3 is 9.73 Å². The molecule has 0 saturated carbocycles. The normalized spacial score (nSPS) is 20.2. The molecular weight excluding hydrogens is 230 g/mol. The van der Waals surface area contributed by atoms with E-state index in [-0.39, 0.29) is 6.04 Å². The van der Waals surface area contributed by atoms with Gasteiger partial charge in [-0.05, 0) is 17.5 Å². The summed E-state index contributed by atoms with van der Waals surface area (Å²) in [5.41, 5.74) is 1.23. The highest BCUT2D eigenvalue weighted by Crippen LogP contribution is 2.36. The van der Waals surface area contributed by atoms with Gasteiger partial charge in [-0.1, -0.05) is 11.6 Å². The molecule has 1 atom stereocenters. The molecule has 1 unspecified atom stereocenters. The Morgan fingerprint density at radius 2 is 2.40 bits per heavy atom. The summed E-state index contributed by atoms with van der Waals surface area (Å²) in [6.07, 6.45) is 2.72. The van der Waals surface area contributed by atoms with E-state index in [1.165, 1.54) is 10.4 Å². The molecule has 2 aromatic heterocycles. The first kappa shape index (κ1) is 9.46. The van der Waals surface area contributed by atoms with Gasteiger partial charge in [0.25, 0.3) is 0 Å². The summed E-state index contributed by atoms with van der Waals surface area (Å²) in [6.45, 7) is 0.944. The molecule has 0 amide bonds. The molecule has 1 aliphatic heterocycles. The highest BCUT2D eigenvalue weighted by atomic mass is 35.5. The zero-order chi connectivity index (χ0) is 10.3. The average molecular weight is 240 g/mol. The van der Waals surface area contributed by atoms with Crippen molar-refractivity contribution in [3.63, 3.8) is 0 Å². The minimum absolute atomic E-state index is 0.208. The van der Waals surface area contributed by atoms with E-state index in [1.807, 2.05) is 17.5 Å². The molecule has 15 heavy (non-hydrogen) atoms. The summed E-state index contributed by atoms with van der Waals surface area (Å²) in [4.78, 5) is 1.18. The van der Waals surface area contributed by atoms with Gasteiger partial charge in [0.1, 0.15) is 5.76 Å². The predicted molar refractivity (Wildman–Crippen MR) is 61.6 cm³/mol. The van der Waals surface area contributed by atoms with Crippen LogP contribution >= 0.6 is 22.9 Å². The summed E-state index contributed by atoms with van der Waals surface area (Å²) >= 11 is 7.83.